The van der Waals surface area contributed by atoms with Crippen LogP contribution in [0, 0.1) is 6.92 Å². The molecule has 0 amide bonds. The van der Waals surface area contributed by atoms with Gasteiger partial charge in [-0.1, -0.05) is 20.8 Å². The Hall–Kier alpha value is -2.35. The molecule has 0 saturated carbocycles. The average molecular weight is 387 g/mol. The van der Waals surface area contributed by atoms with Gasteiger partial charge in [0.1, 0.15) is 11.5 Å². The predicted molar refractivity (Wildman–Crippen MR) is 109 cm³/mol. The van der Waals surface area contributed by atoms with Crippen molar-refractivity contribution in [2.45, 2.75) is 58.4 Å². The van der Waals surface area contributed by atoms with Gasteiger partial charge in [0, 0.05) is 31.5 Å². The summed E-state index contributed by atoms with van der Waals surface area (Å²) in [6, 6.07) is 0.334. The van der Waals surface area contributed by atoms with E-state index in [9.17, 15) is 0 Å². The highest BCUT2D eigenvalue weighted by atomic mass is 16.5. The van der Waals surface area contributed by atoms with E-state index in [-0.39, 0.29) is 5.41 Å². The van der Waals surface area contributed by atoms with Gasteiger partial charge in [-0.3, -0.25) is 4.68 Å². The molecule has 1 saturated heterocycles. The van der Waals surface area contributed by atoms with Crippen molar-refractivity contribution in [3.63, 3.8) is 0 Å². The minimum Gasteiger partial charge on any atom is -0.475 e. The quantitative estimate of drug-likeness (QED) is 0.775. The van der Waals surface area contributed by atoms with E-state index in [1.54, 1.807) is 0 Å². The highest BCUT2D eigenvalue weighted by Gasteiger charge is 2.26. The summed E-state index contributed by atoms with van der Waals surface area (Å²) in [5, 5.41) is 11.6. The van der Waals surface area contributed by atoms with Gasteiger partial charge >= 0.3 is 0 Å². The van der Waals surface area contributed by atoms with Gasteiger partial charge in [-0.05, 0) is 31.6 Å². The lowest BCUT2D eigenvalue weighted by Gasteiger charge is -2.23. The number of hydrogen-bond acceptors (Lipinski definition) is 7. The fourth-order valence-corrected chi connectivity index (χ4v) is 3.71. The Kier molecular flexibility index (Phi) is 5.14. The molecular formula is C20H30N6O2. The van der Waals surface area contributed by atoms with Crippen molar-refractivity contribution in [3.05, 3.63) is 17.5 Å². The smallest absolute Gasteiger partial charge is 0.257 e. The third kappa shape index (κ3) is 3.78. The zero-order valence-electron chi connectivity index (χ0n) is 17.2. The molecule has 4 rings (SSSR count). The van der Waals surface area contributed by atoms with Gasteiger partial charge in [-0.2, -0.15) is 4.98 Å². The Bertz CT molecular complexity index is 836. The molecule has 2 aromatic heterocycles. The summed E-state index contributed by atoms with van der Waals surface area (Å²) in [7, 11) is 0. The zero-order valence-corrected chi connectivity index (χ0v) is 17.2. The zero-order chi connectivity index (χ0) is 19.7. The Labute approximate surface area is 166 Å². The highest BCUT2D eigenvalue weighted by molar-refractivity contribution is 5.65. The van der Waals surface area contributed by atoms with E-state index >= 15 is 0 Å². The lowest BCUT2D eigenvalue weighted by Crippen LogP contribution is -2.21. The Morgan fingerprint density at radius 3 is 2.71 bits per heavy atom. The average Bonchev–Trinajstić information content (AvgIpc) is 2.96. The molecule has 8 heteroatoms. The first-order valence-corrected chi connectivity index (χ1v) is 10.1. The molecule has 2 aliphatic rings. The lowest BCUT2D eigenvalue weighted by atomic mass is 9.88. The van der Waals surface area contributed by atoms with E-state index in [2.05, 4.69) is 48.0 Å². The Morgan fingerprint density at radius 2 is 1.96 bits per heavy atom. The van der Waals surface area contributed by atoms with Gasteiger partial charge in [0.2, 0.25) is 5.95 Å². The number of nitrogens with one attached hydrogen (secondary N) is 2. The molecule has 0 unspecified atom stereocenters. The third-order valence-electron chi connectivity index (χ3n) is 5.34. The molecule has 0 aliphatic carbocycles. The van der Waals surface area contributed by atoms with Crippen LogP contribution in [0.2, 0.25) is 0 Å². The molecule has 1 fully saturated rings. The number of nitrogens with zero attached hydrogens (tertiary/aromatic N) is 4. The van der Waals surface area contributed by atoms with Crippen molar-refractivity contribution in [1.82, 2.24) is 19.7 Å². The number of hydrogen-bond donors (Lipinski definition) is 2. The number of anilines is 3. The van der Waals surface area contributed by atoms with Crippen molar-refractivity contribution in [3.8, 4) is 5.88 Å². The largest absolute Gasteiger partial charge is 0.475 e. The minimum atomic E-state index is -0.0352. The molecule has 0 radical (unpaired) electrons. The summed E-state index contributed by atoms with van der Waals surface area (Å²) >= 11 is 0. The third-order valence-corrected chi connectivity index (χ3v) is 5.34. The van der Waals surface area contributed by atoms with Crippen molar-refractivity contribution >= 4 is 17.5 Å². The molecule has 28 heavy (non-hydrogen) atoms. The first kappa shape index (κ1) is 19.0. The SMILES string of the molecule is Cc1c2c(nn1C1CCOCC1)OCCCNc1nc(ncc1C(C)(C)C)N2. The molecular weight excluding hydrogens is 356 g/mol. The summed E-state index contributed by atoms with van der Waals surface area (Å²) < 4.78 is 13.6. The normalized spacial score (nSPS) is 18.3. The topological polar surface area (TPSA) is 86.1 Å². The van der Waals surface area contributed by atoms with Gasteiger partial charge in [0.25, 0.3) is 5.88 Å². The standard InChI is InChI=1S/C20H30N6O2/c1-13-16-18(25-26(13)14-6-10-27-11-7-14)28-9-5-8-21-17-15(20(2,3)4)12-22-19(23-16)24-17/h12,14H,5-11H2,1-4H3,(H2,21,22,23,24). The molecule has 2 N–H and O–H groups in total. The van der Waals surface area contributed by atoms with Crippen molar-refractivity contribution in [1.29, 1.82) is 0 Å². The highest BCUT2D eigenvalue weighted by Crippen LogP contribution is 2.35. The molecule has 2 aliphatic heterocycles. The van der Waals surface area contributed by atoms with E-state index in [1.807, 2.05) is 6.20 Å². The summed E-state index contributed by atoms with van der Waals surface area (Å²) in [6.07, 6.45) is 4.71. The number of fused-ring (bicyclic) bond motifs is 3. The van der Waals surface area contributed by atoms with E-state index in [0.717, 1.165) is 61.8 Å². The van der Waals surface area contributed by atoms with Gasteiger partial charge in [0.15, 0.2) is 0 Å². The first-order chi connectivity index (χ1) is 13.4. The molecule has 2 aromatic rings. The van der Waals surface area contributed by atoms with Gasteiger partial charge in [-0.25, -0.2) is 4.98 Å². The number of aromatic nitrogens is 4. The monoisotopic (exact) mass is 386 g/mol. The van der Waals surface area contributed by atoms with Crippen LogP contribution in [-0.2, 0) is 10.2 Å². The van der Waals surface area contributed by atoms with Crippen LogP contribution < -0.4 is 15.4 Å². The molecule has 0 atom stereocenters. The minimum absolute atomic E-state index is 0.0352. The fourth-order valence-electron chi connectivity index (χ4n) is 3.71. The molecule has 0 spiro atoms. The molecule has 2 bridgehead atoms. The number of rotatable bonds is 1. The molecule has 0 aromatic carbocycles. The van der Waals surface area contributed by atoms with Crippen LogP contribution in [0.5, 0.6) is 5.88 Å². The Balaban J connectivity index is 1.71. The van der Waals surface area contributed by atoms with Crippen LogP contribution in [0.4, 0.5) is 17.5 Å². The van der Waals surface area contributed by atoms with Crippen LogP contribution in [0.15, 0.2) is 6.20 Å². The lowest BCUT2D eigenvalue weighted by molar-refractivity contribution is 0.0652. The summed E-state index contributed by atoms with van der Waals surface area (Å²) in [4.78, 5) is 9.33. The van der Waals surface area contributed by atoms with E-state index < -0.39 is 0 Å². The maximum absolute atomic E-state index is 6.03. The maximum Gasteiger partial charge on any atom is 0.257 e. The Morgan fingerprint density at radius 1 is 1.18 bits per heavy atom. The van der Waals surface area contributed by atoms with Crippen LogP contribution in [0.25, 0.3) is 0 Å². The van der Waals surface area contributed by atoms with Crippen LogP contribution in [0.3, 0.4) is 0 Å². The van der Waals surface area contributed by atoms with Gasteiger partial charge < -0.3 is 20.1 Å². The molecule has 152 valence electrons. The maximum atomic E-state index is 6.03. The van der Waals surface area contributed by atoms with Crippen LogP contribution >= 0.6 is 0 Å². The van der Waals surface area contributed by atoms with Crippen LogP contribution in [-0.4, -0.2) is 46.1 Å². The predicted octanol–water partition coefficient (Wildman–Crippen LogP) is 3.57. The van der Waals surface area contributed by atoms with E-state index in [1.165, 1.54) is 0 Å². The van der Waals surface area contributed by atoms with E-state index in [4.69, 9.17) is 19.6 Å². The second-order valence-electron chi connectivity index (χ2n) is 8.51. The first-order valence-electron chi connectivity index (χ1n) is 10.1. The number of ether oxygens (including phenoxy) is 2. The van der Waals surface area contributed by atoms with Crippen molar-refractivity contribution in [2.75, 3.05) is 37.0 Å². The van der Waals surface area contributed by atoms with E-state index in [0.29, 0.717) is 24.5 Å². The van der Waals surface area contributed by atoms with Gasteiger partial charge in [0.05, 0.1) is 18.3 Å². The van der Waals surface area contributed by atoms with Crippen molar-refractivity contribution in [2.24, 2.45) is 0 Å². The second-order valence-corrected chi connectivity index (χ2v) is 8.51. The second kappa shape index (κ2) is 7.58. The van der Waals surface area contributed by atoms with Gasteiger partial charge in [-0.15, -0.1) is 5.10 Å². The molecule has 8 nitrogen and oxygen atoms in total. The van der Waals surface area contributed by atoms with Crippen molar-refractivity contribution < 1.29 is 9.47 Å². The summed E-state index contributed by atoms with van der Waals surface area (Å²) in [6.45, 7) is 11.5. The summed E-state index contributed by atoms with van der Waals surface area (Å²) in [5.41, 5.74) is 2.96. The molecule has 4 heterocycles. The summed E-state index contributed by atoms with van der Waals surface area (Å²) in [5.74, 6) is 2.05. The fraction of sp³-hybridized carbons (Fsp3) is 0.650. The van der Waals surface area contributed by atoms with Crippen LogP contribution in [0.1, 0.15) is 57.3 Å².